The molecule has 0 aromatic heterocycles. The quantitative estimate of drug-likeness (QED) is 0.171. The van der Waals surface area contributed by atoms with Gasteiger partial charge < -0.3 is 20.5 Å². The Bertz CT molecular complexity index is 1890. The first kappa shape index (κ1) is 34.4. The van der Waals surface area contributed by atoms with Crippen LogP contribution in [0.2, 0.25) is 0 Å². The molecule has 4 aromatic carbocycles. The lowest BCUT2D eigenvalue weighted by Gasteiger charge is -2.21. The smallest absolute Gasteiger partial charge is 0.419 e. The number of carbonyl (C=O) groups excluding carboxylic acids is 2. The maximum Gasteiger partial charge on any atom is 0.419 e. The summed E-state index contributed by atoms with van der Waals surface area (Å²) in [6.45, 7) is 0. The van der Waals surface area contributed by atoms with Crippen LogP contribution in [0.15, 0.2) is 66.7 Å². The maximum atomic E-state index is 14.8. The SMILES string of the molecule is COc1ccc(-c2cc(C(O)C(F)(F)F)ccc2F)cc1C(=O)Nc1cc2c(cc1C(=O)Nc1ccc(F)c(C(F)(F)F)c1)CCCC2. The molecule has 2 amide bonds. The highest BCUT2D eigenvalue weighted by Crippen LogP contribution is 2.37. The molecule has 5 rings (SSSR count). The van der Waals surface area contributed by atoms with E-state index in [1.54, 1.807) is 6.07 Å². The van der Waals surface area contributed by atoms with Crippen molar-refractivity contribution in [3.63, 3.8) is 0 Å². The molecule has 6 nitrogen and oxygen atoms in total. The van der Waals surface area contributed by atoms with Crippen molar-refractivity contribution < 1.29 is 54.6 Å². The molecule has 0 saturated carbocycles. The van der Waals surface area contributed by atoms with Gasteiger partial charge in [-0.05, 0) is 103 Å². The molecule has 0 radical (unpaired) electrons. The van der Waals surface area contributed by atoms with Crippen LogP contribution in [-0.4, -0.2) is 30.2 Å². The van der Waals surface area contributed by atoms with E-state index in [1.807, 2.05) is 0 Å². The van der Waals surface area contributed by atoms with Crippen LogP contribution in [0, 0.1) is 11.6 Å². The molecule has 4 aromatic rings. The first-order valence-corrected chi connectivity index (χ1v) is 14.4. The van der Waals surface area contributed by atoms with Crippen molar-refractivity contribution >= 4 is 23.2 Å². The van der Waals surface area contributed by atoms with Gasteiger partial charge in [0.1, 0.15) is 17.4 Å². The Labute approximate surface area is 268 Å². The van der Waals surface area contributed by atoms with Crippen LogP contribution in [0.3, 0.4) is 0 Å². The lowest BCUT2D eigenvalue weighted by atomic mass is 9.89. The molecule has 14 heteroatoms. The normalized spacial score (nSPS) is 13.8. The van der Waals surface area contributed by atoms with Gasteiger partial charge in [0.25, 0.3) is 11.8 Å². The summed E-state index contributed by atoms with van der Waals surface area (Å²) in [5.74, 6) is -4.25. The summed E-state index contributed by atoms with van der Waals surface area (Å²) in [6, 6.07) is 11.1. The van der Waals surface area contributed by atoms with Gasteiger partial charge >= 0.3 is 12.4 Å². The number of halogens is 8. The van der Waals surface area contributed by atoms with Crippen LogP contribution in [0.5, 0.6) is 5.75 Å². The zero-order chi connectivity index (χ0) is 35.0. The Morgan fingerprint density at radius 3 is 2.06 bits per heavy atom. The van der Waals surface area contributed by atoms with E-state index in [9.17, 15) is 49.8 Å². The van der Waals surface area contributed by atoms with E-state index >= 15 is 0 Å². The number of anilines is 2. The van der Waals surface area contributed by atoms with E-state index in [0.717, 1.165) is 54.3 Å². The second-order valence-electron chi connectivity index (χ2n) is 11.1. The first-order valence-electron chi connectivity index (χ1n) is 14.4. The second kappa shape index (κ2) is 13.3. The highest BCUT2D eigenvalue weighted by atomic mass is 19.4. The highest BCUT2D eigenvalue weighted by Gasteiger charge is 2.39. The van der Waals surface area contributed by atoms with Gasteiger partial charge in [0.15, 0.2) is 6.10 Å². The fourth-order valence-electron chi connectivity index (χ4n) is 5.46. The summed E-state index contributed by atoms with van der Waals surface area (Å²) in [5, 5.41) is 14.6. The van der Waals surface area contributed by atoms with E-state index in [4.69, 9.17) is 4.74 Å². The van der Waals surface area contributed by atoms with Gasteiger partial charge in [0, 0.05) is 11.3 Å². The average Bonchev–Trinajstić information content (AvgIpc) is 3.04. The fraction of sp³-hybridized carbons (Fsp3) is 0.235. The van der Waals surface area contributed by atoms with E-state index in [2.05, 4.69) is 10.6 Å². The molecule has 1 aliphatic rings. The molecule has 1 unspecified atom stereocenters. The number of hydrogen-bond donors (Lipinski definition) is 3. The van der Waals surface area contributed by atoms with Crippen molar-refractivity contribution in [1.29, 1.82) is 0 Å². The molecule has 0 saturated heterocycles. The first-order chi connectivity index (χ1) is 22.6. The molecular formula is C34H26F8N2O4. The summed E-state index contributed by atoms with van der Waals surface area (Å²) < 4.78 is 113. The third-order valence-electron chi connectivity index (χ3n) is 7.88. The van der Waals surface area contributed by atoms with Crippen LogP contribution >= 0.6 is 0 Å². The molecule has 48 heavy (non-hydrogen) atoms. The van der Waals surface area contributed by atoms with E-state index in [-0.39, 0.29) is 39.4 Å². The minimum absolute atomic E-state index is 0.0157. The number of aryl methyl sites for hydroxylation is 2. The van der Waals surface area contributed by atoms with E-state index in [0.29, 0.717) is 25.0 Å². The van der Waals surface area contributed by atoms with Crippen LogP contribution in [0.25, 0.3) is 11.1 Å². The Morgan fingerprint density at radius 2 is 1.42 bits per heavy atom. The summed E-state index contributed by atoms with van der Waals surface area (Å²) in [4.78, 5) is 27.1. The standard InChI is InChI=1S/C34H26F8N2O4/c1-48-29-11-7-19(22-14-20(6-9-26(22)35)30(45)34(40,41)42)13-24(29)32(47)44-28-15-18-5-3-2-4-17(18)12-23(28)31(46)43-21-8-10-27(36)25(16-21)33(37,38)39/h6-16,30,45H,2-5H2,1H3,(H,43,46)(H,44,47). The van der Waals surface area contributed by atoms with Gasteiger partial charge in [-0.3, -0.25) is 9.59 Å². The molecule has 252 valence electrons. The minimum Gasteiger partial charge on any atom is -0.496 e. The Balaban J connectivity index is 1.51. The molecule has 0 fully saturated rings. The van der Waals surface area contributed by atoms with Crippen LogP contribution in [0.4, 0.5) is 46.5 Å². The summed E-state index contributed by atoms with van der Waals surface area (Å²) in [6.07, 6.45) is -10.1. The number of fused-ring (bicyclic) bond motifs is 1. The number of hydrogen-bond acceptors (Lipinski definition) is 4. The van der Waals surface area contributed by atoms with Gasteiger partial charge in [-0.25, -0.2) is 8.78 Å². The van der Waals surface area contributed by atoms with Crippen LogP contribution in [-0.2, 0) is 19.0 Å². The Morgan fingerprint density at radius 1 is 0.771 bits per heavy atom. The van der Waals surface area contributed by atoms with Crippen molar-refractivity contribution in [2.24, 2.45) is 0 Å². The predicted molar refractivity (Wildman–Crippen MR) is 160 cm³/mol. The maximum absolute atomic E-state index is 14.8. The number of benzene rings is 4. The summed E-state index contributed by atoms with van der Waals surface area (Å²) in [5.41, 5.74) is -1.68. The number of aliphatic hydroxyl groups is 1. The lowest BCUT2D eigenvalue weighted by molar-refractivity contribution is -0.206. The van der Waals surface area contributed by atoms with Crippen molar-refractivity contribution in [3.05, 3.63) is 112 Å². The zero-order valence-corrected chi connectivity index (χ0v) is 25.0. The third-order valence-corrected chi connectivity index (χ3v) is 7.88. The monoisotopic (exact) mass is 678 g/mol. The predicted octanol–water partition coefficient (Wildman–Crippen LogP) is 8.64. The highest BCUT2D eigenvalue weighted by molar-refractivity contribution is 6.13. The molecule has 0 spiro atoms. The number of ether oxygens (including phenoxy) is 1. The Hall–Kier alpha value is -4.98. The second-order valence-corrected chi connectivity index (χ2v) is 11.1. The molecule has 0 heterocycles. The number of amides is 2. The number of carbonyl (C=O) groups is 2. The molecule has 0 bridgehead atoms. The number of nitrogens with one attached hydrogen (secondary N) is 2. The topological polar surface area (TPSA) is 87.7 Å². The fourth-order valence-corrected chi connectivity index (χ4v) is 5.46. The summed E-state index contributed by atoms with van der Waals surface area (Å²) in [7, 11) is 1.24. The van der Waals surface area contributed by atoms with Crippen molar-refractivity contribution in [3.8, 4) is 16.9 Å². The van der Waals surface area contributed by atoms with Crippen LogP contribution < -0.4 is 15.4 Å². The molecule has 1 aliphatic carbocycles. The Kier molecular flexibility index (Phi) is 9.49. The van der Waals surface area contributed by atoms with Gasteiger partial charge in [-0.15, -0.1) is 0 Å². The molecule has 1 atom stereocenters. The average molecular weight is 679 g/mol. The number of aliphatic hydroxyl groups excluding tert-OH is 1. The summed E-state index contributed by atoms with van der Waals surface area (Å²) >= 11 is 0. The van der Waals surface area contributed by atoms with Crippen molar-refractivity contribution in [2.45, 2.75) is 44.1 Å². The van der Waals surface area contributed by atoms with E-state index < -0.39 is 53.0 Å². The van der Waals surface area contributed by atoms with Crippen molar-refractivity contribution in [1.82, 2.24) is 0 Å². The van der Waals surface area contributed by atoms with E-state index in [1.165, 1.54) is 25.3 Å². The largest absolute Gasteiger partial charge is 0.496 e. The van der Waals surface area contributed by atoms with Crippen LogP contribution in [0.1, 0.15) is 61.9 Å². The number of rotatable bonds is 7. The number of methoxy groups -OCH3 is 1. The molecular weight excluding hydrogens is 652 g/mol. The zero-order valence-electron chi connectivity index (χ0n) is 25.0. The minimum atomic E-state index is -5.02. The van der Waals surface area contributed by atoms with Gasteiger partial charge in [0.05, 0.1) is 29.5 Å². The van der Waals surface area contributed by atoms with Crippen molar-refractivity contribution in [2.75, 3.05) is 17.7 Å². The van der Waals surface area contributed by atoms with Gasteiger partial charge in [-0.2, -0.15) is 26.3 Å². The van der Waals surface area contributed by atoms with Gasteiger partial charge in [0.2, 0.25) is 0 Å². The molecule has 0 aliphatic heterocycles. The third kappa shape index (κ3) is 7.28. The van der Waals surface area contributed by atoms with Gasteiger partial charge in [-0.1, -0.05) is 12.1 Å². The lowest BCUT2D eigenvalue weighted by Crippen LogP contribution is -2.21. The molecule has 3 N–H and O–H groups in total. The number of alkyl halides is 6.